The van der Waals surface area contributed by atoms with Gasteiger partial charge in [-0.05, 0) is 24.6 Å². The average Bonchev–Trinajstić information content (AvgIpc) is 3.26. The summed E-state index contributed by atoms with van der Waals surface area (Å²) in [6.45, 7) is 2.05. The molecule has 174 valence electrons. The zero-order valence-corrected chi connectivity index (χ0v) is 20.8. The number of esters is 1. The Kier molecular flexibility index (Phi) is 8.09. The Morgan fingerprint density at radius 3 is 2.34 bits per heavy atom. The maximum atomic E-state index is 13.6. The third-order valence-electron chi connectivity index (χ3n) is 5.24. The number of carbonyl (C=O) groups excluding carboxylic acids is 2. The molecule has 0 unspecified atom stereocenters. The molecule has 4 rings (SSSR count). The van der Waals surface area contributed by atoms with Crippen LogP contribution in [0.2, 0.25) is 0 Å². The summed E-state index contributed by atoms with van der Waals surface area (Å²) < 4.78 is 8.14. The quantitative estimate of drug-likeness (QED) is 0.131. The zero-order valence-electron chi connectivity index (χ0n) is 19.1. The minimum Gasteiger partial charge on any atom is -0.466 e. The van der Waals surface area contributed by atoms with Crippen molar-refractivity contribution in [1.82, 2.24) is 0 Å². The number of thioether (sulfide) groups is 1. The van der Waals surface area contributed by atoms with E-state index in [0.717, 1.165) is 15.5 Å². The molecule has 0 radical (unpaired) electrons. The monoisotopic (exact) mass is 499 g/mol. The van der Waals surface area contributed by atoms with Gasteiger partial charge < -0.3 is 4.74 Å². The number of ketones is 1. The molecule has 0 bridgehead atoms. The second kappa shape index (κ2) is 11.6. The van der Waals surface area contributed by atoms with Crippen molar-refractivity contribution >= 4 is 34.9 Å². The molecule has 2 heterocycles. The van der Waals surface area contributed by atoms with Crippen LogP contribution < -0.4 is 4.57 Å². The highest BCUT2D eigenvalue weighted by molar-refractivity contribution is 8.00. The summed E-state index contributed by atoms with van der Waals surface area (Å²) in [5, 5.41) is 9.06. The Labute approximate surface area is 212 Å². The van der Waals surface area contributed by atoms with Gasteiger partial charge in [0, 0.05) is 23.4 Å². The summed E-state index contributed by atoms with van der Waals surface area (Å²) in [7, 11) is 0. The normalized spacial score (nSPS) is 10.5. The van der Waals surface area contributed by atoms with Gasteiger partial charge in [0.15, 0.2) is 12.4 Å². The van der Waals surface area contributed by atoms with Crippen molar-refractivity contribution in [1.29, 1.82) is 5.26 Å². The summed E-state index contributed by atoms with van der Waals surface area (Å²) in [6.07, 6.45) is 3.84. The van der Waals surface area contributed by atoms with Crippen LogP contribution in [0.4, 0.5) is 0 Å². The lowest BCUT2D eigenvalue weighted by Gasteiger charge is -2.05. The predicted molar refractivity (Wildman–Crippen MR) is 137 cm³/mol. The Hall–Kier alpha value is -3.73. The fourth-order valence-corrected chi connectivity index (χ4v) is 6.12. The molecule has 0 saturated heterocycles. The van der Waals surface area contributed by atoms with E-state index in [1.807, 2.05) is 65.5 Å². The molecule has 0 aliphatic rings. The number of hydrogen-bond acceptors (Lipinski definition) is 6. The topological polar surface area (TPSA) is 71.0 Å². The molecule has 0 aliphatic carbocycles. The second-order valence-corrected chi connectivity index (χ2v) is 9.87. The SMILES string of the molecule is CCOC(=O)Cc1c(C(=O)c2ccccc2)sc(SCc2ccc(C#N)cc2)c1-[n+]1ccccc1. The summed E-state index contributed by atoms with van der Waals surface area (Å²) in [6, 6.07) is 24.5. The van der Waals surface area contributed by atoms with E-state index in [4.69, 9.17) is 10.00 Å². The molecule has 0 N–H and O–H groups in total. The van der Waals surface area contributed by atoms with Gasteiger partial charge in [0.2, 0.25) is 11.5 Å². The molecule has 0 atom stereocenters. The highest BCUT2D eigenvalue weighted by Gasteiger charge is 2.31. The first-order valence-corrected chi connectivity index (χ1v) is 12.9. The molecule has 0 spiro atoms. The summed E-state index contributed by atoms with van der Waals surface area (Å²) >= 11 is 3.01. The predicted octanol–water partition coefficient (Wildman–Crippen LogP) is 5.53. The molecule has 5 nitrogen and oxygen atoms in total. The fraction of sp³-hybridized carbons (Fsp3) is 0.143. The van der Waals surface area contributed by atoms with Gasteiger partial charge in [-0.15, -0.1) is 23.1 Å². The Bertz CT molecular complexity index is 1360. The van der Waals surface area contributed by atoms with Crippen molar-refractivity contribution < 1.29 is 18.9 Å². The number of nitrogens with zero attached hydrogens (tertiary/aromatic N) is 2. The number of aromatic nitrogens is 1. The standard InChI is InChI=1S/C28H23N2O3S2/c1-2-33-24(31)17-23-25(30-15-7-4-8-16-30)28(34-19-21-13-11-20(18-29)12-14-21)35-27(23)26(32)22-9-5-3-6-10-22/h3-16H,2,17,19H2,1H3/q+1. The van der Waals surface area contributed by atoms with Crippen molar-refractivity contribution in [3.8, 4) is 11.8 Å². The van der Waals surface area contributed by atoms with Crippen LogP contribution in [-0.2, 0) is 21.7 Å². The van der Waals surface area contributed by atoms with Crippen LogP contribution in [0.25, 0.3) is 5.69 Å². The van der Waals surface area contributed by atoms with Crippen LogP contribution >= 0.6 is 23.1 Å². The van der Waals surface area contributed by atoms with Gasteiger partial charge >= 0.3 is 5.97 Å². The van der Waals surface area contributed by atoms with Crippen molar-refractivity contribution in [2.24, 2.45) is 0 Å². The molecule has 0 amide bonds. The number of carbonyl (C=O) groups is 2. The maximum Gasteiger partial charge on any atom is 0.310 e. The Balaban J connectivity index is 1.80. The number of nitriles is 1. The van der Waals surface area contributed by atoms with E-state index in [-0.39, 0.29) is 24.8 Å². The van der Waals surface area contributed by atoms with E-state index in [9.17, 15) is 9.59 Å². The van der Waals surface area contributed by atoms with Gasteiger partial charge in [0.05, 0.1) is 35.1 Å². The average molecular weight is 500 g/mol. The van der Waals surface area contributed by atoms with Crippen LogP contribution in [0, 0.1) is 11.3 Å². The van der Waals surface area contributed by atoms with Crippen LogP contribution in [-0.4, -0.2) is 18.4 Å². The molecule has 0 fully saturated rings. The van der Waals surface area contributed by atoms with E-state index in [1.165, 1.54) is 11.3 Å². The fourth-order valence-electron chi connectivity index (χ4n) is 3.59. The highest BCUT2D eigenvalue weighted by atomic mass is 32.2. The highest BCUT2D eigenvalue weighted by Crippen LogP contribution is 2.39. The van der Waals surface area contributed by atoms with Gasteiger partial charge in [-0.25, -0.2) is 0 Å². The summed E-state index contributed by atoms with van der Waals surface area (Å²) in [4.78, 5) is 26.7. The zero-order chi connectivity index (χ0) is 24.6. The molecule has 7 heteroatoms. The first-order chi connectivity index (χ1) is 17.1. The third-order valence-corrected chi connectivity index (χ3v) is 7.79. The minimum absolute atomic E-state index is 0.00685. The molecule has 35 heavy (non-hydrogen) atoms. The second-order valence-electron chi connectivity index (χ2n) is 7.60. The molecular formula is C28H23N2O3S2+. The number of thiophene rings is 1. The molecule has 0 aliphatic heterocycles. The van der Waals surface area contributed by atoms with Crippen LogP contribution in [0.3, 0.4) is 0 Å². The van der Waals surface area contributed by atoms with Crippen LogP contribution in [0.1, 0.15) is 38.8 Å². The third kappa shape index (κ3) is 5.86. The van der Waals surface area contributed by atoms with E-state index < -0.39 is 0 Å². The number of ether oxygens (including phenoxy) is 1. The van der Waals surface area contributed by atoms with Crippen molar-refractivity contribution in [3.05, 3.63) is 112 Å². The minimum atomic E-state index is -0.367. The van der Waals surface area contributed by atoms with Gasteiger partial charge in [0.25, 0.3) is 0 Å². The van der Waals surface area contributed by atoms with E-state index in [2.05, 4.69) is 6.07 Å². The first-order valence-electron chi connectivity index (χ1n) is 11.1. The van der Waals surface area contributed by atoms with E-state index >= 15 is 0 Å². The lowest BCUT2D eigenvalue weighted by Crippen LogP contribution is -2.31. The summed E-state index contributed by atoms with van der Waals surface area (Å²) in [5.74, 6) is 0.177. The molecule has 4 aromatic rings. The lowest BCUT2D eigenvalue weighted by molar-refractivity contribution is -0.598. The van der Waals surface area contributed by atoms with Gasteiger partial charge in [-0.3, -0.25) is 9.59 Å². The Morgan fingerprint density at radius 1 is 1.00 bits per heavy atom. The first kappa shape index (κ1) is 24.4. The molecule has 0 saturated carbocycles. The van der Waals surface area contributed by atoms with E-state index in [0.29, 0.717) is 27.3 Å². The molecular weight excluding hydrogens is 476 g/mol. The van der Waals surface area contributed by atoms with Crippen molar-refractivity contribution in [3.63, 3.8) is 0 Å². The number of rotatable bonds is 9. The summed E-state index contributed by atoms with van der Waals surface area (Å²) in [5.41, 5.74) is 3.74. The Morgan fingerprint density at radius 2 is 1.69 bits per heavy atom. The van der Waals surface area contributed by atoms with Crippen molar-refractivity contribution in [2.45, 2.75) is 23.3 Å². The largest absolute Gasteiger partial charge is 0.466 e. The number of hydrogen-bond donors (Lipinski definition) is 0. The molecule has 2 aromatic carbocycles. The smallest absolute Gasteiger partial charge is 0.310 e. The lowest BCUT2D eigenvalue weighted by atomic mass is 10.0. The number of pyridine rings is 1. The van der Waals surface area contributed by atoms with Gasteiger partial charge in [0.1, 0.15) is 4.21 Å². The van der Waals surface area contributed by atoms with Gasteiger partial charge in [-0.1, -0.05) is 48.5 Å². The van der Waals surface area contributed by atoms with Crippen molar-refractivity contribution in [2.75, 3.05) is 6.61 Å². The van der Waals surface area contributed by atoms with Crippen LogP contribution in [0.5, 0.6) is 0 Å². The molecule has 2 aromatic heterocycles. The van der Waals surface area contributed by atoms with Gasteiger partial charge in [-0.2, -0.15) is 9.83 Å². The van der Waals surface area contributed by atoms with Crippen LogP contribution in [0.15, 0.2) is 89.4 Å². The van der Waals surface area contributed by atoms with E-state index in [1.54, 1.807) is 43.0 Å². The maximum absolute atomic E-state index is 13.6. The number of benzene rings is 2.